The maximum atomic E-state index is 14.6. The molecular formula is C47H66O6. The second kappa shape index (κ2) is 15.5. The molecule has 4 aliphatic carbocycles. The van der Waals surface area contributed by atoms with Crippen LogP contribution in [0.25, 0.3) is 0 Å². The number of fused-ring (bicyclic) bond motifs is 4. The predicted molar refractivity (Wildman–Crippen MR) is 207 cm³/mol. The summed E-state index contributed by atoms with van der Waals surface area (Å²) in [6.07, 6.45) is 19.0. The molecule has 290 valence electrons. The second-order valence-electron chi connectivity index (χ2n) is 19.0. The van der Waals surface area contributed by atoms with Gasteiger partial charge < -0.3 is 19.7 Å². The van der Waals surface area contributed by atoms with Crippen LogP contribution in [-0.2, 0) is 25.5 Å². The molecule has 6 nitrogen and oxygen atoms in total. The average molecular weight is 727 g/mol. The van der Waals surface area contributed by atoms with Gasteiger partial charge in [-0.15, -0.1) is 5.92 Å². The number of benzene rings is 1. The van der Waals surface area contributed by atoms with E-state index in [1.807, 2.05) is 0 Å². The number of cyclic esters (lactones) is 1. The molecule has 4 saturated carbocycles. The van der Waals surface area contributed by atoms with Crippen LogP contribution >= 0.6 is 0 Å². The topological polar surface area (TPSA) is 93.1 Å². The minimum absolute atomic E-state index is 0.0901. The number of esters is 2. The van der Waals surface area contributed by atoms with E-state index in [0.717, 1.165) is 89.0 Å². The third-order valence-electron chi connectivity index (χ3n) is 15.9. The summed E-state index contributed by atoms with van der Waals surface area (Å²) in [6.45, 7) is 7.13. The van der Waals surface area contributed by atoms with Gasteiger partial charge in [0.2, 0.25) is 0 Å². The first-order valence-electron chi connectivity index (χ1n) is 21.5. The van der Waals surface area contributed by atoms with E-state index in [-0.39, 0.29) is 29.9 Å². The Morgan fingerprint density at radius 2 is 1.64 bits per heavy atom. The average Bonchev–Trinajstić information content (AvgIpc) is 3.85. The molecular weight excluding hydrogens is 661 g/mol. The Morgan fingerprint density at radius 1 is 0.906 bits per heavy atom. The van der Waals surface area contributed by atoms with Crippen LogP contribution in [0.2, 0.25) is 0 Å². The van der Waals surface area contributed by atoms with Crippen LogP contribution in [0.1, 0.15) is 155 Å². The third-order valence-corrected chi connectivity index (χ3v) is 15.9. The van der Waals surface area contributed by atoms with Crippen molar-refractivity contribution >= 4 is 11.9 Å². The number of rotatable bonds is 12. The standard InChI is InChI=1S/C47H66O6/c1-34(15-12-19-35-17-6-4-7-18-35)16-13-28-46-39(48)23-29-44(3,37-20-8-9-21-37)41(46)38-32-43(2,47(46,51)30-22-36-31-40(49)52-33-36)24-14-27-45(42(50)53-38)25-10-5-11-26-45/h4,6-7,17-18,31,34,37-39,41,48,51H,5,8-13,15-16,19-23,25-30,32-33H2,1-3H3. The molecule has 2 heterocycles. The molecule has 8 atom stereocenters. The SMILES string of the molecule is CC(CCCc1ccccc1)CCCC12C(O)CCC(C)(C3CCCC3)C1C1CC(C)(C#CCC3(CCCCC3)C(=O)O1)C2(O)CCC1=CC(=O)OC1. The highest BCUT2D eigenvalue weighted by Gasteiger charge is 2.75. The molecule has 6 heteroatoms. The molecule has 6 aliphatic rings. The molecule has 7 rings (SSSR count). The number of ether oxygens (including phenoxy) is 2. The van der Waals surface area contributed by atoms with Gasteiger partial charge in [-0.3, -0.25) is 4.79 Å². The van der Waals surface area contributed by atoms with Gasteiger partial charge >= 0.3 is 11.9 Å². The van der Waals surface area contributed by atoms with Gasteiger partial charge in [0.15, 0.2) is 0 Å². The molecule has 0 amide bonds. The lowest BCUT2D eigenvalue weighted by Gasteiger charge is -2.71. The minimum Gasteiger partial charge on any atom is -0.462 e. The van der Waals surface area contributed by atoms with Crippen molar-refractivity contribution in [1.82, 2.24) is 0 Å². The Balaban J connectivity index is 1.28. The summed E-state index contributed by atoms with van der Waals surface area (Å²) in [5, 5.41) is 26.8. The van der Waals surface area contributed by atoms with Gasteiger partial charge in [-0.1, -0.05) is 101 Å². The lowest BCUT2D eigenvalue weighted by molar-refractivity contribution is -0.314. The van der Waals surface area contributed by atoms with Gasteiger partial charge in [0.05, 0.1) is 22.5 Å². The predicted octanol–water partition coefficient (Wildman–Crippen LogP) is 9.44. The van der Waals surface area contributed by atoms with Crippen molar-refractivity contribution in [1.29, 1.82) is 0 Å². The zero-order chi connectivity index (χ0) is 37.3. The van der Waals surface area contributed by atoms with Crippen LogP contribution in [0, 0.1) is 51.3 Å². The highest BCUT2D eigenvalue weighted by molar-refractivity contribution is 5.85. The van der Waals surface area contributed by atoms with Gasteiger partial charge in [-0.25, -0.2) is 4.79 Å². The molecule has 8 unspecified atom stereocenters. The Labute approximate surface area is 319 Å². The van der Waals surface area contributed by atoms with Crippen LogP contribution in [-0.4, -0.2) is 46.6 Å². The van der Waals surface area contributed by atoms with Gasteiger partial charge in [-0.05, 0) is 106 Å². The van der Waals surface area contributed by atoms with E-state index in [1.165, 1.54) is 18.4 Å². The zero-order valence-corrected chi connectivity index (χ0v) is 32.9. The molecule has 0 radical (unpaired) electrons. The van der Waals surface area contributed by atoms with Crippen LogP contribution < -0.4 is 0 Å². The summed E-state index contributed by atoms with van der Waals surface area (Å²) in [5.41, 5.74) is -1.78. The van der Waals surface area contributed by atoms with E-state index in [9.17, 15) is 19.8 Å². The maximum absolute atomic E-state index is 14.6. The molecule has 1 aromatic carbocycles. The molecule has 0 aromatic heterocycles. The quantitative estimate of drug-likeness (QED) is 0.165. The summed E-state index contributed by atoms with van der Waals surface area (Å²) in [7, 11) is 0. The van der Waals surface area contributed by atoms with Crippen LogP contribution in [0.5, 0.6) is 0 Å². The largest absolute Gasteiger partial charge is 0.462 e. The van der Waals surface area contributed by atoms with Crippen LogP contribution in [0.15, 0.2) is 42.0 Å². The fourth-order valence-electron chi connectivity index (χ4n) is 12.9. The smallest absolute Gasteiger partial charge is 0.331 e. The van der Waals surface area contributed by atoms with E-state index in [0.29, 0.717) is 50.4 Å². The zero-order valence-electron chi connectivity index (χ0n) is 32.9. The maximum Gasteiger partial charge on any atom is 0.331 e. The van der Waals surface area contributed by atoms with E-state index in [1.54, 1.807) is 6.08 Å². The fourth-order valence-corrected chi connectivity index (χ4v) is 12.9. The monoisotopic (exact) mass is 726 g/mol. The summed E-state index contributed by atoms with van der Waals surface area (Å²) in [4.78, 5) is 26.8. The van der Waals surface area contributed by atoms with Crippen molar-refractivity contribution in [3.63, 3.8) is 0 Å². The van der Waals surface area contributed by atoms with Crippen LogP contribution in [0.3, 0.4) is 0 Å². The lowest BCUT2D eigenvalue weighted by atomic mass is 9.36. The number of aliphatic hydroxyl groups excluding tert-OH is 1. The third kappa shape index (κ3) is 7.05. The summed E-state index contributed by atoms with van der Waals surface area (Å²) < 4.78 is 12.3. The first-order valence-corrected chi connectivity index (χ1v) is 21.5. The van der Waals surface area contributed by atoms with Crippen molar-refractivity contribution < 1.29 is 29.3 Å². The van der Waals surface area contributed by atoms with E-state index in [2.05, 4.69) is 62.9 Å². The van der Waals surface area contributed by atoms with Crippen LogP contribution in [0.4, 0.5) is 0 Å². The van der Waals surface area contributed by atoms with Gasteiger partial charge in [0.25, 0.3) is 0 Å². The Kier molecular flexibility index (Phi) is 11.3. The number of carbonyl (C=O) groups excluding carboxylic acids is 2. The van der Waals surface area contributed by atoms with Crippen molar-refractivity contribution in [2.75, 3.05) is 6.61 Å². The van der Waals surface area contributed by atoms with Crippen molar-refractivity contribution in [3.8, 4) is 11.8 Å². The summed E-state index contributed by atoms with van der Waals surface area (Å²) in [6, 6.07) is 10.7. The van der Waals surface area contributed by atoms with Crippen molar-refractivity contribution in [2.45, 2.75) is 173 Å². The van der Waals surface area contributed by atoms with Gasteiger partial charge in [-0.2, -0.15) is 0 Å². The summed E-state index contributed by atoms with van der Waals surface area (Å²) in [5.74, 6) is 7.57. The number of hydrogen-bond acceptors (Lipinski definition) is 6. The van der Waals surface area contributed by atoms with E-state index >= 15 is 0 Å². The summed E-state index contributed by atoms with van der Waals surface area (Å²) >= 11 is 0. The number of hydrogen-bond donors (Lipinski definition) is 2. The Hall–Kier alpha value is -2.62. The molecule has 1 spiro atoms. The molecule has 2 bridgehead atoms. The van der Waals surface area contributed by atoms with Crippen molar-refractivity contribution in [3.05, 3.63) is 47.5 Å². The lowest BCUT2D eigenvalue weighted by Crippen LogP contribution is -2.76. The molecule has 1 aromatic rings. The highest BCUT2D eigenvalue weighted by Crippen LogP contribution is 2.72. The van der Waals surface area contributed by atoms with E-state index < -0.39 is 34.1 Å². The number of aliphatic hydroxyl groups is 2. The second-order valence-corrected chi connectivity index (χ2v) is 19.0. The Morgan fingerprint density at radius 3 is 2.36 bits per heavy atom. The molecule has 53 heavy (non-hydrogen) atoms. The number of carbonyl (C=O) groups is 2. The Bertz CT molecular complexity index is 1560. The minimum atomic E-state index is -1.38. The molecule has 2 aliphatic heterocycles. The molecule has 0 saturated heterocycles. The first kappa shape index (κ1) is 38.6. The van der Waals surface area contributed by atoms with Gasteiger partial charge in [0, 0.05) is 30.3 Å². The fraction of sp³-hybridized carbons (Fsp3) is 0.745. The number of aryl methyl sites for hydroxylation is 1. The van der Waals surface area contributed by atoms with Gasteiger partial charge in [0.1, 0.15) is 12.7 Å². The van der Waals surface area contributed by atoms with Crippen molar-refractivity contribution in [2.24, 2.45) is 39.4 Å². The first-order chi connectivity index (χ1) is 25.4. The molecule has 2 N–H and O–H groups in total. The van der Waals surface area contributed by atoms with E-state index in [4.69, 9.17) is 9.47 Å². The molecule has 4 fully saturated rings. The normalized spacial score (nSPS) is 37.3. The highest BCUT2D eigenvalue weighted by atomic mass is 16.5.